The molecule has 3 atom stereocenters. The maximum atomic E-state index is 14.1. The molecule has 3 aliphatic heterocycles. The van der Waals surface area contributed by atoms with E-state index in [2.05, 4.69) is 48.6 Å². The van der Waals surface area contributed by atoms with E-state index in [0.29, 0.717) is 48.3 Å². The maximum Gasteiger partial charge on any atom is 0.246 e. The molecule has 3 aliphatic rings. The molecule has 3 saturated heterocycles. The Labute approximate surface area is 488 Å². The van der Waals surface area contributed by atoms with Crippen LogP contribution in [0.1, 0.15) is 125 Å². The van der Waals surface area contributed by atoms with Gasteiger partial charge in [0.25, 0.3) is 0 Å². The summed E-state index contributed by atoms with van der Waals surface area (Å²) in [5.41, 5.74) is 7.91. The third-order valence-electron chi connectivity index (χ3n) is 16.2. The van der Waals surface area contributed by atoms with Gasteiger partial charge in [-0.1, -0.05) is 113 Å². The number of aliphatic hydroxyl groups excluding tert-OH is 1. The van der Waals surface area contributed by atoms with Crippen molar-refractivity contribution in [1.82, 2.24) is 40.3 Å². The number of nitrogens with one attached hydrogen (secondary N) is 2. The van der Waals surface area contributed by atoms with E-state index >= 15 is 0 Å². The number of thiazole rings is 1. The minimum absolute atomic E-state index is 0.0260. The van der Waals surface area contributed by atoms with Crippen molar-refractivity contribution in [2.45, 2.75) is 142 Å². The zero-order valence-corrected chi connectivity index (χ0v) is 50.9. The van der Waals surface area contributed by atoms with Gasteiger partial charge in [0.1, 0.15) is 30.8 Å². The van der Waals surface area contributed by atoms with E-state index in [1.165, 1.54) is 4.90 Å². The van der Waals surface area contributed by atoms with Crippen LogP contribution >= 0.6 is 30.1 Å². The van der Waals surface area contributed by atoms with E-state index < -0.39 is 30.7 Å². The van der Waals surface area contributed by atoms with Crippen molar-refractivity contribution in [3.8, 4) is 16.2 Å². The first-order valence-electron chi connectivity index (χ1n) is 28.9. The molecular formula is C62H83ClN9O7PS. The van der Waals surface area contributed by atoms with E-state index in [1.807, 2.05) is 86.6 Å². The molecule has 4 amide bonds. The molecule has 436 valence electrons. The Hall–Kier alpha value is -5.71. The summed E-state index contributed by atoms with van der Waals surface area (Å²) in [7, 11) is -0.792. The van der Waals surface area contributed by atoms with Crippen molar-refractivity contribution in [3.05, 3.63) is 117 Å². The molecule has 19 heteroatoms. The van der Waals surface area contributed by atoms with Gasteiger partial charge in [0.05, 0.1) is 40.0 Å². The molecule has 8 rings (SSSR count). The number of anilines is 1. The van der Waals surface area contributed by atoms with E-state index in [1.54, 1.807) is 38.0 Å². The molecule has 3 fully saturated rings. The summed E-state index contributed by atoms with van der Waals surface area (Å²) in [5.74, 6) is 0.752. The number of aromatic nitrogens is 3. The molecule has 3 aromatic carbocycles. The number of carbonyl (C=O) groups is 4. The standard InChI is InChI=1S/C62H83ClN9O7PS/c1-42-58(81-41-66-42)44-22-20-43(21-23-44)38-65-60(76)52-37-49(73)40-72(52)61(77)59(62(2,3)4)68-56(74)18-12-10-8-9-11-13-19-57(75)71-32-30-70(31-33-71)47-26-28-69(29-27-47)48-25-24-45(53(36-48)79-5)35-55-64-39-50(63)51(67-55)34-46-16-14-15-17-54(46)80(6,7)78/h14-17,20-25,36,39,41,47,49,52,59,73H,8-13,18-19,26-35,37-38,40H2,1-7H3,(H,65,76)(H,68,74)/t49-,52+,59-/m1/s1. The number of β-amino-alcohol motifs (C(OH)–C–C–N with tert-alkyl or cyclic N) is 1. The first-order valence-corrected chi connectivity index (χ1v) is 32.7. The summed E-state index contributed by atoms with van der Waals surface area (Å²) in [4.78, 5) is 77.4. The lowest BCUT2D eigenvalue weighted by Gasteiger charge is -2.43. The average molecular weight is 1160 g/mol. The van der Waals surface area contributed by atoms with Crippen molar-refractivity contribution in [2.24, 2.45) is 5.41 Å². The predicted molar refractivity (Wildman–Crippen MR) is 323 cm³/mol. The van der Waals surface area contributed by atoms with E-state index in [0.717, 1.165) is 134 Å². The van der Waals surface area contributed by atoms with Crippen LogP contribution in [0.4, 0.5) is 5.69 Å². The van der Waals surface area contributed by atoms with E-state index in [-0.39, 0.29) is 49.6 Å². The Bertz CT molecular complexity index is 3000. The molecule has 0 unspecified atom stereocenters. The minimum atomic E-state index is -2.49. The number of carbonyl (C=O) groups excluding carboxylic acids is 4. The Morgan fingerprint density at radius 2 is 1.56 bits per heavy atom. The number of unbranched alkanes of at least 4 members (excludes halogenated alkanes) is 5. The van der Waals surface area contributed by atoms with Crippen molar-refractivity contribution in [1.29, 1.82) is 0 Å². The molecule has 16 nitrogen and oxygen atoms in total. The number of ether oxygens (including phenoxy) is 1. The number of aliphatic hydroxyl groups is 1. The van der Waals surface area contributed by atoms with Crippen LogP contribution in [0, 0.1) is 12.3 Å². The fourth-order valence-electron chi connectivity index (χ4n) is 11.5. The summed E-state index contributed by atoms with van der Waals surface area (Å²) in [6.45, 7) is 16.7. The highest BCUT2D eigenvalue weighted by Gasteiger charge is 2.44. The summed E-state index contributed by atoms with van der Waals surface area (Å²) < 4.78 is 18.9. The van der Waals surface area contributed by atoms with Gasteiger partial charge >= 0.3 is 0 Å². The third-order valence-corrected chi connectivity index (χ3v) is 19.1. The van der Waals surface area contributed by atoms with Crippen molar-refractivity contribution in [3.63, 3.8) is 0 Å². The SMILES string of the molecule is COc1cc(N2CCC(N3CCN(C(=O)CCCCCCCCC(=O)N[C@H](C(=O)N4C[C@H](O)C[C@H]4C(=O)NCc4ccc(-c5scnc5C)cc4)C(C)(C)C)CC3)CC2)ccc1Cc1ncc(Cl)c(Cc2ccccc2P(C)(C)=O)n1. The fraction of sp³-hybridized carbons (Fsp3) is 0.532. The number of piperazine rings is 1. The fourth-order valence-corrected chi connectivity index (χ4v) is 13.8. The quantitative estimate of drug-likeness (QED) is 0.0416. The molecule has 3 N–H and O–H groups in total. The highest BCUT2D eigenvalue weighted by molar-refractivity contribution is 7.70. The van der Waals surface area contributed by atoms with Crippen molar-refractivity contribution < 1.29 is 33.6 Å². The number of halogens is 1. The van der Waals surface area contributed by atoms with Gasteiger partial charge in [-0.05, 0) is 74.1 Å². The molecule has 0 bridgehead atoms. The lowest BCUT2D eigenvalue weighted by Crippen LogP contribution is -2.57. The first kappa shape index (κ1) is 61.4. The number of amides is 4. The molecule has 5 heterocycles. The highest BCUT2D eigenvalue weighted by Crippen LogP contribution is 2.37. The topological polar surface area (TPSA) is 190 Å². The van der Waals surface area contributed by atoms with Gasteiger partial charge in [-0.25, -0.2) is 15.0 Å². The van der Waals surface area contributed by atoms with Gasteiger partial charge in [-0.15, -0.1) is 11.3 Å². The molecule has 5 aromatic rings. The number of aryl methyl sites for hydroxylation is 1. The van der Waals surface area contributed by atoms with Crippen LogP contribution in [0.5, 0.6) is 5.75 Å². The lowest BCUT2D eigenvalue weighted by molar-refractivity contribution is -0.144. The van der Waals surface area contributed by atoms with Crippen LogP contribution in [0.2, 0.25) is 5.02 Å². The Morgan fingerprint density at radius 3 is 2.22 bits per heavy atom. The third kappa shape index (κ3) is 16.5. The molecule has 0 aliphatic carbocycles. The zero-order chi connectivity index (χ0) is 57.8. The van der Waals surface area contributed by atoms with Crippen LogP contribution in [-0.4, -0.2) is 149 Å². The minimum Gasteiger partial charge on any atom is -0.496 e. The van der Waals surface area contributed by atoms with Crippen LogP contribution in [0.25, 0.3) is 10.4 Å². The van der Waals surface area contributed by atoms with E-state index in [4.69, 9.17) is 21.3 Å². The van der Waals surface area contributed by atoms with E-state index in [9.17, 15) is 28.8 Å². The molecular weight excluding hydrogens is 1080 g/mol. The second-order valence-electron chi connectivity index (χ2n) is 23.6. The van der Waals surface area contributed by atoms with Gasteiger partial charge in [0.2, 0.25) is 23.6 Å². The molecule has 81 heavy (non-hydrogen) atoms. The Morgan fingerprint density at radius 1 is 0.864 bits per heavy atom. The monoisotopic (exact) mass is 1160 g/mol. The lowest BCUT2D eigenvalue weighted by atomic mass is 9.85. The summed E-state index contributed by atoms with van der Waals surface area (Å²) in [6, 6.07) is 20.9. The van der Waals surface area contributed by atoms with Crippen LogP contribution in [0.15, 0.2) is 78.4 Å². The molecule has 0 spiro atoms. The number of benzene rings is 3. The first-order chi connectivity index (χ1) is 38.7. The summed E-state index contributed by atoms with van der Waals surface area (Å²) in [6.07, 6.45) is 10.1. The number of likely N-dealkylation sites (tertiary alicyclic amines) is 1. The maximum absolute atomic E-state index is 14.1. The second kappa shape index (κ2) is 28.0. The number of rotatable bonds is 23. The zero-order valence-electron chi connectivity index (χ0n) is 48.4. The largest absolute Gasteiger partial charge is 0.496 e. The number of methoxy groups -OCH3 is 1. The molecule has 2 aromatic heterocycles. The van der Waals surface area contributed by atoms with Crippen molar-refractivity contribution >= 4 is 64.7 Å². The Balaban J connectivity index is 0.694. The number of hydrogen-bond donors (Lipinski definition) is 3. The average Bonchev–Trinajstić information content (AvgIpc) is 4.10. The highest BCUT2D eigenvalue weighted by atomic mass is 35.5. The van der Waals surface area contributed by atoms with Gasteiger partial charge in [0.15, 0.2) is 0 Å². The van der Waals surface area contributed by atoms with Crippen molar-refractivity contribution in [2.75, 3.05) is 71.2 Å². The number of hydrogen-bond acceptors (Lipinski definition) is 13. The molecule has 0 radical (unpaired) electrons. The Kier molecular flexibility index (Phi) is 21.2. The smallest absolute Gasteiger partial charge is 0.246 e. The molecule has 0 saturated carbocycles. The normalized spacial score (nSPS) is 17.8. The number of piperidine rings is 1. The second-order valence-corrected chi connectivity index (χ2v) is 28.1. The van der Waals surface area contributed by atoms with Crippen LogP contribution in [-0.2, 0) is 43.1 Å². The van der Waals surface area contributed by atoms with Crippen LogP contribution in [0.3, 0.4) is 0 Å². The van der Waals surface area contributed by atoms with Gasteiger partial charge in [-0.2, -0.15) is 0 Å². The van der Waals surface area contributed by atoms with Gasteiger partial charge in [0, 0.05) is 119 Å². The summed E-state index contributed by atoms with van der Waals surface area (Å²) in [5, 5.41) is 17.9. The van der Waals surface area contributed by atoms with Gasteiger partial charge in [-0.3, -0.25) is 24.1 Å². The summed E-state index contributed by atoms with van der Waals surface area (Å²) >= 11 is 8.18. The number of nitrogens with zero attached hydrogens (tertiary/aromatic N) is 7. The predicted octanol–water partition coefficient (Wildman–Crippen LogP) is 9.04. The van der Waals surface area contributed by atoms with Gasteiger partial charge < -0.3 is 39.7 Å². The van der Waals surface area contributed by atoms with Crippen LogP contribution < -0.4 is 25.6 Å².